The summed E-state index contributed by atoms with van der Waals surface area (Å²) in [7, 11) is 0. The predicted octanol–water partition coefficient (Wildman–Crippen LogP) is 1.02. The van der Waals surface area contributed by atoms with Crippen LogP contribution in [-0.2, 0) is 13.0 Å². The second-order valence-electron chi connectivity index (χ2n) is 6.18. The average molecular weight is 312 g/mol. The number of nitrogens with one attached hydrogen (secondary N) is 1. The molecule has 0 aromatic carbocycles. The third kappa shape index (κ3) is 2.91. The molecule has 1 fully saturated rings. The van der Waals surface area contributed by atoms with Gasteiger partial charge in [0.25, 0.3) is 5.91 Å². The summed E-state index contributed by atoms with van der Waals surface area (Å²) in [4.78, 5) is 18.8. The highest BCUT2D eigenvalue weighted by Gasteiger charge is 2.22. The highest BCUT2D eigenvalue weighted by molar-refractivity contribution is 5.92. The second-order valence-corrected chi connectivity index (χ2v) is 6.18. The number of hydrogen-bond donors (Lipinski definition) is 1. The molecule has 1 saturated heterocycles. The van der Waals surface area contributed by atoms with Crippen molar-refractivity contribution in [1.29, 1.82) is 0 Å². The van der Waals surface area contributed by atoms with Crippen molar-refractivity contribution in [3.8, 4) is 0 Å². The van der Waals surface area contributed by atoms with Gasteiger partial charge in [-0.1, -0.05) is 0 Å². The fourth-order valence-corrected chi connectivity index (χ4v) is 3.30. The number of anilines is 1. The van der Waals surface area contributed by atoms with Gasteiger partial charge in [-0.15, -0.1) is 10.2 Å². The number of rotatable bonds is 3. The molecule has 2 aliphatic heterocycles. The quantitative estimate of drug-likeness (QED) is 0.916. The topological polar surface area (TPSA) is 75.9 Å². The molecule has 7 nitrogen and oxygen atoms in total. The Labute approximate surface area is 134 Å². The van der Waals surface area contributed by atoms with E-state index in [1.54, 1.807) is 6.07 Å². The molecule has 2 aromatic heterocycles. The molecule has 0 radical (unpaired) electrons. The first kappa shape index (κ1) is 14.2. The Hall–Kier alpha value is -2.44. The lowest BCUT2D eigenvalue weighted by atomic mass is 10.1. The zero-order chi connectivity index (χ0) is 15.6. The maximum absolute atomic E-state index is 12.3. The molecule has 4 heterocycles. The minimum Gasteiger partial charge on any atom is -0.355 e. The van der Waals surface area contributed by atoms with Crippen molar-refractivity contribution in [2.24, 2.45) is 0 Å². The number of imidazole rings is 1. The van der Waals surface area contributed by atoms with Gasteiger partial charge in [0.1, 0.15) is 5.82 Å². The van der Waals surface area contributed by atoms with Crippen molar-refractivity contribution in [3.63, 3.8) is 0 Å². The van der Waals surface area contributed by atoms with Gasteiger partial charge in [-0.05, 0) is 31.4 Å². The predicted molar refractivity (Wildman–Crippen MR) is 85.3 cm³/mol. The molecule has 23 heavy (non-hydrogen) atoms. The number of amides is 1. The molecule has 7 heteroatoms. The Morgan fingerprint density at radius 3 is 2.87 bits per heavy atom. The van der Waals surface area contributed by atoms with E-state index in [0.717, 1.165) is 44.1 Å². The highest BCUT2D eigenvalue weighted by Crippen LogP contribution is 2.17. The Morgan fingerprint density at radius 1 is 1.22 bits per heavy atom. The smallest absolute Gasteiger partial charge is 0.272 e. The molecule has 0 bridgehead atoms. The summed E-state index contributed by atoms with van der Waals surface area (Å²) in [5, 5.41) is 11.4. The lowest BCUT2D eigenvalue weighted by Crippen LogP contribution is -2.41. The third-order valence-corrected chi connectivity index (χ3v) is 4.58. The van der Waals surface area contributed by atoms with Gasteiger partial charge in [-0.2, -0.15) is 0 Å². The normalized spacial score (nSPS) is 20.3. The molecule has 0 spiro atoms. The lowest BCUT2D eigenvalue weighted by molar-refractivity contribution is 0.0921. The number of carbonyl (C=O) groups excluding carboxylic acids is 1. The van der Waals surface area contributed by atoms with Crippen molar-refractivity contribution in [2.45, 2.75) is 38.3 Å². The van der Waals surface area contributed by atoms with E-state index in [1.807, 2.05) is 18.5 Å². The van der Waals surface area contributed by atoms with Gasteiger partial charge < -0.3 is 14.8 Å². The first-order chi connectivity index (χ1) is 11.3. The fourth-order valence-electron chi connectivity index (χ4n) is 3.30. The van der Waals surface area contributed by atoms with Crippen LogP contribution in [0.1, 0.15) is 35.6 Å². The molecule has 0 unspecified atom stereocenters. The summed E-state index contributed by atoms with van der Waals surface area (Å²) in [5.41, 5.74) is 0.379. The molecular formula is C16H20N6O. The Morgan fingerprint density at radius 2 is 2.09 bits per heavy atom. The number of aromatic nitrogens is 4. The average Bonchev–Trinajstić information content (AvgIpc) is 3.26. The number of carbonyl (C=O) groups is 1. The standard InChI is InChI=1S/C16H20N6O/c23-16(18-12-3-5-14-17-7-10-22(14)11-12)13-4-6-15(20-19-13)21-8-1-2-9-21/h4,6-7,10,12H,1-3,5,8-9,11H2,(H,18,23)/t12-/m1/s1. The minimum absolute atomic E-state index is 0.115. The maximum atomic E-state index is 12.3. The second kappa shape index (κ2) is 5.98. The third-order valence-electron chi connectivity index (χ3n) is 4.58. The molecule has 4 rings (SSSR count). The van der Waals surface area contributed by atoms with E-state index in [4.69, 9.17) is 0 Å². The van der Waals surface area contributed by atoms with E-state index in [-0.39, 0.29) is 11.9 Å². The van der Waals surface area contributed by atoms with Crippen molar-refractivity contribution in [1.82, 2.24) is 25.1 Å². The van der Waals surface area contributed by atoms with Gasteiger partial charge in [-0.25, -0.2) is 4.98 Å². The number of fused-ring (bicyclic) bond motifs is 1. The van der Waals surface area contributed by atoms with Gasteiger partial charge in [0.15, 0.2) is 11.5 Å². The SMILES string of the molecule is O=C(N[C@@H]1CCc2nccn2C1)c1ccc(N2CCCC2)nn1. The summed E-state index contributed by atoms with van der Waals surface area (Å²) in [6, 6.07) is 3.77. The van der Waals surface area contributed by atoms with Crippen LogP contribution in [0.2, 0.25) is 0 Å². The Balaban J connectivity index is 1.39. The van der Waals surface area contributed by atoms with Crippen LogP contribution in [0.5, 0.6) is 0 Å². The van der Waals surface area contributed by atoms with Gasteiger partial charge in [0.2, 0.25) is 0 Å². The molecule has 1 atom stereocenters. The van der Waals surface area contributed by atoms with Crippen molar-refractivity contribution in [2.75, 3.05) is 18.0 Å². The largest absolute Gasteiger partial charge is 0.355 e. The van der Waals surface area contributed by atoms with Crippen LogP contribution in [-0.4, -0.2) is 44.8 Å². The monoisotopic (exact) mass is 312 g/mol. The zero-order valence-corrected chi connectivity index (χ0v) is 13.0. The molecular weight excluding hydrogens is 292 g/mol. The van der Waals surface area contributed by atoms with Crippen LogP contribution in [0.4, 0.5) is 5.82 Å². The Bertz CT molecular complexity index is 689. The number of nitrogens with zero attached hydrogens (tertiary/aromatic N) is 5. The van der Waals surface area contributed by atoms with Gasteiger partial charge in [0.05, 0.1) is 0 Å². The first-order valence-electron chi connectivity index (χ1n) is 8.19. The van der Waals surface area contributed by atoms with Crippen LogP contribution < -0.4 is 10.2 Å². The lowest BCUT2D eigenvalue weighted by Gasteiger charge is -2.24. The minimum atomic E-state index is -0.154. The molecule has 2 aromatic rings. The first-order valence-corrected chi connectivity index (χ1v) is 8.19. The van der Waals surface area contributed by atoms with E-state index in [2.05, 4.69) is 30.0 Å². The van der Waals surface area contributed by atoms with Crippen LogP contribution in [0, 0.1) is 0 Å². The van der Waals surface area contributed by atoms with E-state index in [1.165, 1.54) is 12.8 Å². The maximum Gasteiger partial charge on any atom is 0.272 e. The van der Waals surface area contributed by atoms with E-state index in [9.17, 15) is 4.79 Å². The summed E-state index contributed by atoms with van der Waals surface area (Å²) in [5.74, 6) is 1.80. The molecule has 0 saturated carbocycles. The van der Waals surface area contributed by atoms with Crippen molar-refractivity contribution >= 4 is 11.7 Å². The summed E-state index contributed by atoms with van der Waals surface area (Å²) >= 11 is 0. The molecule has 2 aliphatic rings. The van der Waals surface area contributed by atoms with E-state index < -0.39 is 0 Å². The van der Waals surface area contributed by atoms with Crippen LogP contribution in [0.15, 0.2) is 24.5 Å². The van der Waals surface area contributed by atoms with Crippen molar-refractivity contribution in [3.05, 3.63) is 36.0 Å². The van der Waals surface area contributed by atoms with Crippen LogP contribution in [0.3, 0.4) is 0 Å². The van der Waals surface area contributed by atoms with Crippen LogP contribution in [0.25, 0.3) is 0 Å². The van der Waals surface area contributed by atoms with Crippen molar-refractivity contribution < 1.29 is 4.79 Å². The van der Waals surface area contributed by atoms with Gasteiger partial charge in [0, 0.05) is 44.5 Å². The summed E-state index contributed by atoms with van der Waals surface area (Å²) < 4.78 is 2.09. The van der Waals surface area contributed by atoms with E-state index in [0.29, 0.717) is 5.69 Å². The van der Waals surface area contributed by atoms with Gasteiger partial charge in [-0.3, -0.25) is 4.79 Å². The number of hydrogen-bond acceptors (Lipinski definition) is 5. The zero-order valence-electron chi connectivity index (χ0n) is 13.0. The Kier molecular flexibility index (Phi) is 3.69. The molecule has 1 N–H and O–H groups in total. The summed E-state index contributed by atoms with van der Waals surface area (Å²) in [6.07, 6.45) is 7.95. The number of aryl methyl sites for hydroxylation is 1. The summed E-state index contributed by atoms with van der Waals surface area (Å²) in [6.45, 7) is 2.81. The van der Waals surface area contributed by atoms with E-state index >= 15 is 0 Å². The van der Waals surface area contributed by atoms with Gasteiger partial charge >= 0.3 is 0 Å². The molecule has 120 valence electrons. The fraction of sp³-hybridized carbons (Fsp3) is 0.500. The van der Waals surface area contributed by atoms with Crippen LogP contribution >= 0.6 is 0 Å². The molecule has 0 aliphatic carbocycles. The molecule has 1 amide bonds. The highest BCUT2D eigenvalue weighted by atomic mass is 16.2.